The minimum Gasteiger partial charge on any atom is -0.493 e. The van der Waals surface area contributed by atoms with E-state index in [4.69, 9.17) is 9.72 Å². The summed E-state index contributed by atoms with van der Waals surface area (Å²) in [5.74, 6) is 2.04. The molecular formula is C22H23N3O2. The monoisotopic (exact) mass is 361 g/mol. The van der Waals surface area contributed by atoms with Gasteiger partial charge in [0.25, 0.3) is 0 Å². The standard InChI is InChI=1S/C22H23N3O2/c1-14-4-6-17-18(11-14)24-22(23-17)19-3-2-9-25(19)21(26)13-15-5-7-20-16(12-15)8-10-27-20/h4-7,11-12,19H,2-3,8-10,13H2,1H3,(H,23,24). The van der Waals surface area contributed by atoms with Crippen molar-refractivity contribution in [1.29, 1.82) is 0 Å². The van der Waals surface area contributed by atoms with Crippen LogP contribution in [0.5, 0.6) is 5.75 Å². The summed E-state index contributed by atoms with van der Waals surface area (Å²) in [4.78, 5) is 23.2. The van der Waals surface area contributed by atoms with E-state index in [1.54, 1.807) is 0 Å². The van der Waals surface area contributed by atoms with Crippen molar-refractivity contribution in [2.75, 3.05) is 13.2 Å². The molecule has 27 heavy (non-hydrogen) atoms. The number of amides is 1. The molecule has 3 aromatic rings. The molecule has 0 spiro atoms. The highest BCUT2D eigenvalue weighted by Gasteiger charge is 2.32. The van der Waals surface area contributed by atoms with Crippen LogP contribution in [0.2, 0.25) is 0 Å². The maximum absolute atomic E-state index is 13.0. The van der Waals surface area contributed by atoms with Crippen molar-refractivity contribution >= 4 is 16.9 Å². The summed E-state index contributed by atoms with van der Waals surface area (Å²) in [6, 6.07) is 12.4. The molecule has 5 heteroatoms. The number of carbonyl (C=O) groups excluding carboxylic acids is 1. The summed E-state index contributed by atoms with van der Waals surface area (Å²) < 4.78 is 5.56. The first-order valence-corrected chi connectivity index (χ1v) is 9.68. The van der Waals surface area contributed by atoms with Crippen molar-refractivity contribution in [2.45, 2.75) is 38.6 Å². The molecule has 1 fully saturated rings. The zero-order chi connectivity index (χ0) is 18.4. The number of aromatic amines is 1. The fourth-order valence-electron chi connectivity index (χ4n) is 4.28. The number of hydrogen-bond donors (Lipinski definition) is 1. The van der Waals surface area contributed by atoms with Gasteiger partial charge in [0.1, 0.15) is 11.6 Å². The van der Waals surface area contributed by atoms with Gasteiger partial charge in [-0.05, 0) is 54.7 Å². The lowest BCUT2D eigenvalue weighted by molar-refractivity contribution is -0.131. The number of imidazole rings is 1. The predicted octanol–water partition coefficient (Wildman–Crippen LogP) is 3.71. The summed E-state index contributed by atoms with van der Waals surface area (Å²) in [7, 11) is 0. The predicted molar refractivity (Wildman–Crippen MR) is 104 cm³/mol. The lowest BCUT2D eigenvalue weighted by Gasteiger charge is -2.23. The molecule has 1 atom stereocenters. The van der Waals surface area contributed by atoms with Gasteiger partial charge in [0, 0.05) is 13.0 Å². The summed E-state index contributed by atoms with van der Waals surface area (Å²) in [5.41, 5.74) is 5.50. The van der Waals surface area contributed by atoms with E-state index in [9.17, 15) is 4.79 Å². The SMILES string of the molecule is Cc1ccc2nc(C3CCCN3C(=O)Cc3ccc4c(c3)CCO4)[nH]c2c1. The molecule has 0 aliphatic carbocycles. The summed E-state index contributed by atoms with van der Waals surface area (Å²) in [6.07, 6.45) is 3.35. The lowest BCUT2D eigenvalue weighted by Crippen LogP contribution is -2.32. The number of H-pyrrole nitrogens is 1. The molecule has 5 nitrogen and oxygen atoms in total. The number of likely N-dealkylation sites (tertiary alicyclic amines) is 1. The maximum Gasteiger partial charge on any atom is 0.227 e. The van der Waals surface area contributed by atoms with Crippen LogP contribution in [0.25, 0.3) is 11.0 Å². The number of fused-ring (bicyclic) bond motifs is 2. The van der Waals surface area contributed by atoms with Gasteiger partial charge in [-0.15, -0.1) is 0 Å². The van der Waals surface area contributed by atoms with Gasteiger partial charge < -0.3 is 14.6 Å². The third-order valence-electron chi connectivity index (χ3n) is 5.65. The van der Waals surface area contributed by atoms with Crippen LogP contribution in [-0.4, -0.2) is 33.9 Å². The van der Waals surface area contributed by atoms with E-state index in [1.165, 1.54) is 11.1 Å². The highest BCUT2D eigenvalue weighted by molar-refractivity contribution is 5.80. The third-order valence-corrected chi connectivity index (χ3v) is 5.65. The molecule has 1 aromatic heterocycles. The molecule has 2 aromatic carbocycles. The normalized spacial score (nSPS) is 18.7. The van der Waals surface area contributed by atoms with E-state index in [0.717, 1.165) is 60.6 Å². The van der Waals surface area contributed by atoms with Crippen LogP contribution in [0.1, 0.15) is 41.4 Å². The number of nitrogens with zero attached hydrogens (tertiary/aromatic N) is 2. The van der Waals surface area contributed by atoms with Gasteiger partial charge in [0.05, 0.1) is 30.1 Å². The van der Waals surface area contributed by atoms with E-state index in [2.05, 4.69) is 30.1 Å². The van der Waals surface area contributed by atoms with Crippen LogP contribution in [-0.2, 0) is 17.6 Å². The van der Waals surface area contributed by atoms with E-state index in [0.29, 0.717) is 6.42 Å². The highest BCUT2D eigenvalue weighted by Crippen LogP contribution is 2.33. The van der Waals surface area contributed by atoms with Gasteiger partial charge in [-0.3, -0.25) is 4.79 Å². The quantitative estimate of drug-likeness (QED) is 0.774. The Kier molecular flexibility index (Phi) is 3.88. The second-order valence-corrected chi connectivity index (χ2v) is 7.61. The highest BCUT2D eigenvalue weighted by atomic mass is 16.5. The van der Waals surface area contributed by atoms with Crippen LogP contribution >= 0.6 is 0 Å². The molecular weight excluding hydrogens is 338 g/mol. The van der Waals surface area contributed by atoms with Gasteiger partial charge in [0.15, 0.2) is 0 Å². The van der Waals surface area contributed by atoms with Crippen LogP contribution in [0.4, 0.5) is 0 Å². The third kappa shape index (κ3) is 2.97. The Hall–Kier alpha value is -2.82. The number of nitrogens with one attached hydrogen (secondary N) is 1. The number of rotatable bonds is 3. The molecule has 1 amide bonds. The first-order chi connectivity index (χ1) is 13.2. The number of benzene rings is 2. The number of ether oxygens (including phenoxy) is 1. The van der Waals surface area contributed by atoms with Gasteiger partial charge in [-0.2, -0.15) is 0 Å². The first-order valence-electron chi connectivity index (χ1n) is 9.68. The molecule has 0 saturated carbocycles. The minimum atomic E-state index is 0.0444. The van der Waals surface area contributed by atoms with Gasteiger partial charge >= 0.3 is 0 Å². The van der Waals surface area contributed by atoms with Crippen LogP contribution in [0.15, 0.2) is 36.4 Å². The van der Waals surface area contributed by atoms with Crippen LogP contribution in [0, 0.1) is 6.92 Å². The topological polar surface area (TPSA) is 58.2 Å². The molecule has 2 aliphatic heterocycles. The van der Waals surface area contributed by atoms with Crippen molar-refractivity contribution in [3.63, 3.8) is 0 Å². The molecule has 3 heterocycles. The summed E-state index contributed by atoms with van der Waals surface area (Å²) in [5, 5.41) is 0. The maximum atomic E-state index is 13.0. The Balaban J connectivity index is 1.37. The van der Waals surface area contributed by atoms with Crippen molar-refractivity contribution in [1.82, 2.24) is 14.9 Å². The first kappa shape index (κ1) is 16.4. The minimum absolute atomic E-state index is 0.0444. The van der Waals surface area contributed by atoms with Gasteiger partial charge in [-0.1, -0.05) is 18.2 Å². The van der Waals surface area contributed by atoms with Gasteiger partial charge in [0.2, 0.25) is 5.91 Å². The fraction of sp³-hybridized carbons (Fsp3) is 0.364. The Morgan fingerprint density at radius 3 is 3.15 bits per heavy atom. The average molecular weight is 361 g/mol. The van der Waals surface area contributed by atoms with E-state index >= 15 is 0 Å². The molecule has 138 valence electrons. The Morgan fingerprint density at radius 2 is 2.22 bits per heavy atom. The zero-order valence-corrected chi connectivity index (χ0v) is 15.5. The number of hydrogen-bond acceptors (Lipinski definition) is 3. The Morgan fingerprint density at radius 1 is 1.30 bits per heavy atom. The average Bonchev–Trinajstić information content (AvgIpc) is 3.39. The molecule has 5 rings (SSSR count). The number of aryl methyl sites for hydroxylation is 1. The molecule has 1 N–H and O–H groups in total. The van der Waals surface area contributed by atoms with Crippen LogP contribution in [0.3, 0.4) is 0 Å². The lowest BCUT2D eigenvalue weighted by atomic mass is 10.1. The molecule has 0 radical (unpaired) electrons. The van der Waals surface area contributed by atoms with Crippen molar-refractivity contribution in [3.8, 4) is 5.75 Å². The second kappa shape index (κ2) is 6.41. The fourth-order valence-corrected chi connectivity index (χ4v) is 4.28. The summed E-state index contributed by atoms with van der Waals surface area (Å²) in [6.45, 7) is 3.62. The van der Waals surface area contributed by atoms with E-state index in [-0.39, 0.29) is 11.9 Å². The molecule has 1 saturated heterocycles. The number of carbonyl (C=O) groups is 1. The smallest absolute Gasteiger partial charge is 0.227 e. The number of aromatic nitrogens is 2. The Bertz CT molecular complexity index is 1020. The Labute approximate surface area is 158 Å². The van der Waals surface area contributed by atoms with Crippen molar-refractivity contribution < 1.29 is 9.53 Å². The zero-order valence-electron chi connectivity index (χ0n) is 15.5. The van der Waals surface area contributed by atoms with E-state index < -0.39 is 0 Å². The van der Waals surface area contributed by atoms with Gasteiger partial charge in [-0.25, -0.2) is 4.98 Å². The largest absolute Gasteiger partial charge is 0.493 e. The molecule has 1 unspecified atom stereocenters. The second-order valence-electron chi connectivity index (χ2n) is 7.61. The molecule has 2 aliphatic rings. The van der Waals surface area contributed by atoms with Crippen molar-refractivity contribution in [3.05, 3.63) is 58.9 Å². The van der Waals surface area contributed by atoms with E-state index in [1.807, 2.05) is 23.1 Å². The van der Waals surface area contributed by atoms with Crippen molar-refractivity contribution in [2.24, 2.45) is 0 Å². The molecule has 0 bridgehead atoms. The summed E-state index contributed by atoms with van der Waals surface area (Å²) >= 11 is 0. The van der Waals surface area contributed by atoms with Crippen LogP contribution < -0.4 is 4.74 Å².